The van der Waals surface area contributed by atoms with Crippen molar-refractivity contribution in [3.63, 3.8) is 0 Å². The van der Waals surface area contributed by atoms with Crippen molar-refractivity contribution in [2.24, 2.45) is 0 Å². The van der Waals surface area contributed by atoms with Crippen LogP contribution in [0.1, 0.15) is 22.9 Å². The van der Waals surface area contributed by atoms with E-state index in [0.717, 1.165) is 16.7 Å². The number of benzene rings is 3. The predicted octanol–water partition coefficient (Wildman–Crippen LogP) is 4.70. The van der Waals surface area contributed by atoms with Crippen LogP contribution in [0.3, 0.4) is 0 Å². The number of nitrogens with two attached hydrogens (primary N) is 1. The molecule has 0 amide bonds. The maximum absolute atomic E-state index is 6.67. The van der Waals surface area contributed by atoms with Crippen LogP contribution in [-0.4, -0.2) is 51.5 Å². The van der Waals surface area contributed by atoms with Gasteiger partial charge in [0.25, 0.3) is 0 Å². The number of imidazole rings is 1. The maximum atomic E-state index is 6.67. The van der Waals surface area contributed by atoms with Gasteiger partial charge in [0.15, 0.2) is 17.4 Å². The van der Waals surface area contributed by atoms with Gasteiger partial charge in [0, 0.05) is 0 Å². The summed E-state index contributed by atoms with van der Waals surface area (Å²) in [4.78, 5) is 13.2. The first-order valence-corrected chi connectivity index (χ1v) is 13.8. The number of fused-ring (bicyclic) bond motifs is 1. The van der Waals surface area contributed by atoms with Crippen LogP contribution in [0.15, 0.2) is 97.3 Å². The van der Waals surface area contributed by atoms with Gasteiger partial charge in [-0.05, 0) is 16.7 Å². The minimum Gasteiger partial charge on any atom is -0.479 e. The van der Waals surface area contributed by atoms with E-state index in [4.69, 9.17) is 29.4 Å². The predicted molar refractivity (Wildman–Crippen MR) is 156 cm³/mol. The van der Waals surface area contributed by atoms with Gasteiger partial charge in [-0.2, -0.15) is 9.97 Å². The molecule has 10 heteroatoms. The van der Waals surface area contributed by atoms with Crippen molar-refractivity contribution in [3.8, 4) is 5.88 Å². The smallest absolute Gasteiger partial charge is 0.246 e. The van der Waals surface area contributed by atoms with E-state index in [2.05, 4.69) is 15.0 Å². The zero-order valence-corrected chi connectivity index (χ0v) is 23.3. The Morgan fingerprint density at radius 1 is 0.762 bits per heavy atom. The Bertz CT molecular complexity index is 1570. The van der Waals surface area contributed by atoms with Crippen LogP contribution >= 0.6 is 0 Å². The number of aromatic nitrogens is 4. The van der Waals surface area contributed by atoms with Crippen LogP contribution in [0.4, 0.5) is 5.95 Å². The van der Waals surface area contributed by atoms with Crippen LogP contribution in [0.5, 0.6) is 5.88 Å². The average Bonchev–Trinajstić information content (AvgIpc) is 3.60. The fourth-order valence-corrected chi connectivity index (χ4v) is 5.08. The number of methoxy groups -OCH3 is 1. The summed E-state index contributed by atoms with van der Waals surface area (Å²) in [6, 6.07) is 30.1. The van der Waals surface area contributed by atoms with Crippen LogP contribution in [0.2, 0.25) is 0 Å². The third kappa shape index (κ3) is 6.27. The van der Waals surface area contributed by atoms with E-state index in [1.807, 2.05) is 95.6 Å². The normalized spacial score (nSPS) is 20.2. The monoisotopic (exact) mass is 567 g/mol. The maximum Gasteiger partial charge on any atom is 0.246 e. The first-order chi connectivity index (χ1) is 20.7. The molecule has 2 N–H and O–H groups in total. The van der Waals surface area contributed by atoms with Gasteiger partial charge in [-0.15, -0.1) is 0 Å². The van der Waals surface area contributed by atoms with Crippen molar-refractivity contribution < 1.29 is 23.7 Å². The molecule has 6 rings (SSSR count). The number of rotatable bonds is 12. The lowest BCUT2D eigenvalue weighted by atomic mass is 10.1. The molecule has 0 unspecified atom stereocenters. The second-order valence-corrected chi connectivity index (χ2v) is 10.0. The van der Waals surface area contributed by atoms with E-state index in [1.54, 1.807) is 6.33 Å². The molecular weight excluding hydrogens is 534 g/mol. The van der Waals surface area contributed by atoms with Crippen molar-refractivity contribution >= 4 is 17.1 Å². The van der Waals surface area contributed by atoms with Gasteiger partial charge < -0.3 is 29.4 Å². The third-order valence-electron chi connectivity index (χ3n) is 7.12. The van der Waals surface area contributed by atoms with E-state index >= 15 is 0 Å². The van der Waals surface area contributed by atoms with Gasteiger partial charge in [-0.3, -0.25) is 4.57 Å². The Morgan fingerprint density at radius 3 is 1.93 bits per heavy atom. The summed E-state index contributed by atoms with van der Waals surface area (Å²) in [5, 5.41) is 0. The first-order valence-electron chi connectivity index (χ1n) is 13.8. The Kier molecular flexibility index (Phi) is 8.67. The Labute approximate surface area is 244 Å². The van der Waals surface area contributed by atoms with E-state index in [9.17, 15) is 0 Å². The molecule has 0 radical (unpaired) electrons. The van der Waals surface area contributed by atoms with E-state index in [-0.39, 0.29) is 11.8 Å². The highest BCUT2D eigenvalue weighted by Crippen LogP contribution is 2.37. The molecule has 3 heterocycles. The fourth-order valence-electron chi connectivity index (χ4n) is 5.08. The number of hydrogen-bond donors (Lipinski definition) is 1. The summed E-state index contributed by atoms with van der Waals surface area (Å²) >= 11 is 0. The van der Waals surface area contributed by atoms with Gasteiger partial charge in [0.1, 0.15) is 18.3 Å². The summed E-state index contributed by atoms with van der Waals surface area (Å²) in [7, 11) is 1.52. The van der Waals surface area contributed by atoms with E-state index < -0.39 is 24.5 Å². The number of nitrogens with zero attached hydrogens (tertiary/aromatic N) is 4. The largest absolute Gasteiger partial charge is 0.479 e. The molecule has 2 aromatic heterocycles. The van der Waals surface area contributed by atoms with Gasteiger partial charge >= 0.3 is 0 Å². The van der Waals surface area contributed by atoms with Crippen LogP contribution in [-0.2, 0) is 38.8 Å². The lowest BCUT2D eigenvalue weighted by molar-refractivity contribution is -0.0913. The second-order valence-electron chi connectivity index (χ2n) is 10.0. The molecular formula is C32H33N5O5. The fraction of sp³-hybridized carbons (Fsp3) is 0.281. The Balaban J connectivity index is 1.32. The molecule has 10 nitrogen and oxygen atoms in total. The van der Waals surface area contributed by atoms with E-state index in [1.165, 1.54) is 7.11 Å². The lowest BCUT2D eigenvalue weighted by Crippen LogP contribution is -2.38. The molecule has 1 aliphatic heterocycles. The minimum atomic E-state index is -0.635. The molecule has 0 saturated carbocycles. The molecule has 5 aromatic rings. The third-order valence-corrected chi connectivity index (χ3v) is 7.12. The molecule has 0 aliphatic carbocycles. The van der Waals surface area contributed by atoms with Crippen molar-refractivity contribution in [1.29, 1.82) is 0 Å². The molecule has 42 heavy (non-hydrogen) atoms. The molecule has 3 aromatic carbocycles. The molecule has 1 fully saturated rings. The zero-order valence-electron chi connectivity index (χ0n) is 23.3. The van der Waals surface area contributed by atoms with Gasteiger partial charge in [-0.1, -0.05) is 91.0 Å². The number of anilines is 1. The summed E-state index contributed by atoms with van der Waals surface area (Å²) < 4.78 is 33.2. The Hall–Kier alpha value is -4.35. The van der Waals surface area contributed by atoms with Gasteiger partial charge in [0.2, 0.25) is 11.8 Å². The minimum absolute atomic E-state index is 0.0699. The summed E-state index contributed by atoms with van der Waals surface area (Å²) in [6.07, 6.45) is -0.427. The van der Waals surface area contributed by atoms with Crippen molar-refractivity contribution in [3.05, 3.63) is 114 Å². The molecule has 4 atom stereocenters. The quantitative estimate of drug-likeness (QED) is 0.229. The molecule has 0 spiro atoms. The highest BCUT2D eigenvalue weighted by molar-refractivity contribution is 5.77. The standard InChI is InChI=1S/C32H33N5O5/c1-38-30-26-29(35-32(33)36-30)37(21-34-26)31-28(41-19-24-15-9-4-10-16-24)27(40-18-23-13-7-3-8-14-23)25(42-31)20-39-17-22-11-5-2-6-12-22/h2-16,21,25,27-28,31H,17-20H2,1H3,(H2,33,35,36)/t25-,27-,28+,31-/m1/s1. The van der Waals surface area contributed by atoms with Crippen molar-refractivity contribution in [2.75, 3.05) is 19.5 Å². The van der Waals surface area contributed by atoms with Crippen molar-refractivity contribution in [1.82, 2.24) is 19.5 Å². The molecule has 1 aliphatic rings. The van der Waals surface area contributed by atoms with Crippen LogP contribution in [0, 0.1) is 0 Å². The zero-order chi connectivity index (χ0) is 28.7. The van der Waals surface area contributed by atoms with Crippen molar-refractivity contribution in [2.45, 2.75) is 44.4 Å². The number of nitrogen functional groups attached to an aromatic ring is 1. The van der Waals surface area contributed by atoms with Gasteiger partial charge in [0.05, 0.1) is 39.9 Å². The summed E-state index contributed by atoms with van der Waals surface area (Å²) in [6.45, 7) is 1.49. The lowest BCUT2D eigenvalue weighted by Gasteiger charge is -2.25. The van der Waals surface area contributed by atoms with E-state index in [0.29, 0.717) is 37.6 Å². The number of hydrogen-bond acceptors (Lipinski definition) is 9. The van der Waals surface area contributed by atoms with Crippen LogP contribution < -0.4 is 10.5 Å². The van der Waals surface area contributed by atoms with Gasteiger partial charge in [-0.25, -0.2) is 4.98 Å². The first kappa shape index (κ1) is 27.8. The highest BCUT2D eigenvalue weighted by atomic mass is 16.6. The summed E-state index contributed by atoms with van der Waals surface area (Å²) in [5.74, 6) is 0.357. The number of ether oxygens (including phenoxy) is 5. The van der Waals surface area contributed by atoms with Crippen LogP contribution in [0.25, 0.3) is 11.2 Å². The highest BCUT2D eigenvalue weighted by Gasteiger charge is 2.48. The molecule has 1 saturated heterocycles. The SMILES string of the molecule is COc1nc(N)nc2c1ncn2[C@@H]1O[C@H](COCc2ccccc2)[C@@H](OCc2ccccc2)[C@@H]1OCc1ccccc1. The average molecular weight is 568 g/mol. The topological polar surface area (TPSA) is 116 Å². The Morgan fingerprint density at radius 2 is 1.33 bits per heavy atom. The molecule has 0 bridgehead atoms. The second kappa shape index (κ2) is 13.1. The summed E-state index contributed by atoms with van der Waals surface area (Å²) in [5.41, 5.74) is 10.1. The molecule has 216 valence electrons.